The number of alkyl halides is 3. The Morgan fingerprint density at radius 3 is 2.10 bits per heavy atom. The molecule has 1 aliphatic carbocycles. The molecule has 0 saturated heterocycles. The number of carboxylic acids is 1. The number of nitrogens with one attached hydrogen (secondary N) is 1. The number of hydrogen-bond donors (Lipinski definition) is 2. The van der Waals surface area contributed by atoms with Crippen molar-refractivity contribution in [1.82, 2.24) is 5.32 Å². The van der Waals surface area contributed by atoms with E-state index in [1.54, 1.807) is 35.3 Å². The summed E-state index contributed by atoms with van der Waals surface area (Å²) in [6.45, 7) is 0.117. The van der Waals surface area contributed by atoms with E-state index in [1.165, 1.54) is 0 Å². The van der Waals surface area contributed by atoms with Crippen LogP contribution in [0, 0.1) is 5.92 Å². The Hall–Kier alpha value is -3.27. The van der Waals surface area contributed by atoms with Crippen LogP contribution in [0.1, 0.15) is 46.8 Å². The standard InChI is InChI=1S/C24H17Cl3F3N3O.C4H6O2/c25-17-7-3-14(4-8-17)22-12-19(32-33(22)21-10-9-18(26)11-20(21)27)13-31-23(34)15-1-5-16(6-2-15)24(28,29)30;5-4(6)3-1-2-3/h1-11,22H,12-13H2,(H,31,34);3H,1-2H2,(H,5,6). The van der Waals surface area contributed by atoms with E-state index in [-0.39, 0.29) is 24.1 Å². The summed E-state index contributed by atoms with van der Waals surface area (Å²) in [6.07, 6.45) is -2.17. The molecular weight excluding hydrogens is 590 g/mol. The van der Waals surface area contributed by atoms with Gasteiger partial charge in [-0.05, 0) is 73.0 Å². The second-order valence-corrected chi connectivity index (χ2v) is 10.5. The van der Waals surface area contributed by atoms with Gasteiger partial charge in [-0.1, -0.05) is 46.9 Å². The summed E-state index contributed by atoms with van der Waals surface area (Å²) in [6, 6.07) is 16.3. The van der Waals surface area contributed by atoms with Crippen molar-refractivity contribution in [3.63, 3.8) is 0 Å². The average Bonchev–Trinajstić information content (AvgIpc) is 3.69. The van der Waals surface area contributed by atoms with Crippen LogP contribution in [0.5, 0.6) is 0 Å². The third kappa shape index (κ3) is 7.68. The van der Waals surface area contributed by atoms with Gasteiger partial charge in [0, 0.05) is 22.0 Å². The lowest BCUT2D eigenvalue weighted by Gasteiger charge is -2.25. The van der Waals surface area contributed by atoms with E-state index in [9.17, 15) is 22.8 Å². The van der Waals surface area contributed by atoms with Crippen LogP contribution in [0.15, 0.2) is 71.8 Å². The molecule has 1 heterocycles. The molecule has 6 nitrogen and oxygen atoms in total. The van der Waals surface area contributed by atoms with E-state index in [0.717, 1.165) is 42.7 Å². The van der Waals surface area contributed by atoms with Gasteiger partial charge in [0.05, 0.1) is 40.5 Å². The molecule has 0 aromatic heterocycles. The molecule has 1 saturated carbocycles. The number of halogens is 6. The van der Waals surface area contributed by atoms with E-state index in [0.29, 0.717) is 32.9 Å². The third-order valence-electron chi connectivity index (χ3n) is 6.24. The zero-order valence-electron chi connectivity index (χ0n) is 20.8. The normalized spacial score (nSPS) is 16.6. The summed E-state index contributed by atoms with van der Waals surface area (Å²) in [5.41, 5.74) is 1.58. The number of benzene rings is 3. The van der Waals surface area contributed by atoms with Gasteiger partial charge in [-0.3, -0.25) is 14.6 Å². The van der Waals surface area contributed by atoms with E-state index < -0.39 is 23.6 Å². The van der Waals surface area contributed by atoms with Crippen molar-refractivity contribution in [2.75, 3.05) is 11.6 Å². The van der Waals surface area contributed by atoms with Crippen LogP contribution < -0.4 is 10.3 Å². The number of hydrazone groups is 1. The highest BCUT2D eigenvalue weighted by molar-refractivity contribution is 6.36. The van der Waals surface area contributed by atoms with Crippen LogP contribution in [0.2, 0.25) is 15.1 Å². The first-order chi connectivity index (χ1) is 18.9. The van der Waals surface area contributed by atoms with Crippen LogP contribution in [0.25, 0.3) is 0 Å². The van der Waals surface area contributed by atoms with Crippen molar-refractivity contribution in [2.24, 2.45) is 11.0 Å². The molecule has 3 aromatic rings. The molecule has 1 amide bonds. The average molecular weight is 613 g/mol. The molecule has 1 fully saturated rings. The smallest absolute Gasteiger partial charge is 0.416 e. The van der Waals surface area contributed by atoms with Gasteiger partial charge in [-0.25, -0.2) is 0 Å². The molecular formula is C28H23Cl3F3N3O3. The minimum absolute atomic E-state index is 0.0185. The summed E-state index contributed by atoms with van der Waals surface area (Å²) in [5, 5.41) is 18.7. The number of aliphatic carboxylic acids is 1. The maximum absolute atomic E-state index is 12.8. The van der Waals surface area contributed by atoms with Crippen molar-refractivity contribution in [1.29, 1.82) is 0 Å². The van der Waals surface area contributed by atoms with Gasteiger partial charge in [0.25, 0.3) is 5.91 Å². The first-order valence-corrected chi connectivity index (χ1v) is 13.3. The topological polar surface area (TPSA) is 82.0 Å². The second-order valence-electron chi connectivity index (χ2n) is 9.25. The molecule has 2 N–H and O–H groups in total. The minimum Gasteiger partial charge on any atom is -0.481 e. The fraction of sp³-hybridized carbons (Fsp3) is 0.250. The maximum Gasteiger partial charge on any atom is 0.416 e. The summed E-state index contributed by atoms with van der Waals surface area (Å²) in [7, 11) is 0. The van der Waals surface area contributed by atoms with E-state index in [2.05, 4.69) is 10.4 Å². The number of nitrogens with zero attached hydrogens (tertiary/aromatic N) is 2. The number of rotatable bonds is 6. The van der Waals surface area contributed by atoms with Crippen molar-refractivity contribution in [2.45, 2.75) is 31.5 Å². The molecule has 40 heavy (non-hydrogen) atoms. The van der Waals surface area contributed by atoms with Gasteiger partial charge in [0.15, 0.2) is 0 Å². The largest absolute Gasteiger partial charge is 0.481 e. The highest BCUT2D eigenvalue weighted by Gasteiger charge is 2.32. The molecule has 5 rings (SSSR count). The Morgan fingerprint density at radius 1 is 0.950 bits per heavy atom. The molecule has 1 aliphatic heterocycles. The fourth-order valence-electron chi connectivity index (χ4n) is 3.94. The number of anilines is 1. The Morgan fingerprint density at radius 2 is 1.57 bits per heavy atom. The molecule has 12 heteroatoms. The maximum atomic E-state index is 12.8. The summed E-state index contributed by atoms with van der Waals surface area (Å²) < 4.78 is 38.3. The fourth-order valence-corrected chi connectivity index (χ4v) is 4.56. The molecule has 1 unspecified atom stereocenters. The Bertz CT molecular complexity index is 1410. The Labute approximate surface area is 243 Å². The molecule has 210 valence electrons. The predicted molar refractivity (Wildman–Crippen MR) is 149 cm³/mol. The zero-order chi connectivity index (χ0) is 29.0. The van der Waals surface area contributed by atoms with Gasteiger partial charge in [0.1, 0.15) is 0 Å². The van der Waals surface area contributed by atoms with Gasteiger partial charge in [-0.15, -0.1) is 0 Å². The highest BCUT2D eigenvalue weighted by Crippen LogP contribution is 2.39. The Balaban J connectivity index is 0.000000546. The van der Waals surface area contributed by atoms with E-state index >= 15 is 0 Å². The van der Waals surface area contributed by atoms with Crippen LogP contribution in [-0.4, -0.2) is 29.2 Å². The molecule has 0 radical (unpaired) electrons. The van der Waals surface area contributed by atoms with Gasteiger partial charge in [0.2, 0.25) is 0 Å². The van der Waals surface area contributed by atoms with Crippen molar-refractivity contribution in [3.05, 3.63) is 98.5 Å². The van der Waals surface area contributed by atoms with Crippen molar-refractivity contribution >= 4 is 58.1 Å². The first-order valence-electron chi connectivity index (χ1n) is 12.2. The van der Waals surface area contributed by atoms with Crippen LogP contribution >= 0.6 is 34.8 Å². The Kier molecular flexibility index (Phi) is 9.28. The monoisotopic (exact) mass is 611 g/mol. The summed E-state index contributed by atoms with van der Waals surface area (Å²) >= 11 is 18.5. The van der Waals surface area contributed by atoms with E-state index in [4.69, 9.17) is 39.9 Å². The molecule has 1 atom stereocenters. The van der Waals surface area contributed by atoms with Crippen molar-refractivity contribution < 1.29 is 27.9 Å². The zero-order valence-corrected chi connectivity index (χ0v) is 23.0. The predicted octanol–water partition coefficient (Wildman–Crippen LogP) is 7.88. The quantitative estimate of drug-likeness (QED) is 0.297. The first kappa shape index (κ1) is 29.7. The van der Waals surface area contributed by atoms with Crippen LogP contribution in [0.4, 0.5) is 18.9 Å². The van der Waals surface area contributed by atoms with Crippen LogP contribution in [-0.2, 0) is 11.0 Å². The van der Waals surface area contributed by atoms with Crippen LogP contribution in [0.3, 0.4) is 0 Å². The number of hydrogen-bond acceptors (Lipinski definition) is 4. The molecule has 0 bridgehead atoms. The van der Waals surface area contributed by atoms with Gasteiger partial charge >= 0.3 is 12.1 Å². The lowest BCUT2D eigenvalue weighted by molar-refractivity contribution is -0.139. The number of amides is 1. The van der Waals surface area contributed by atoms with Gasteiger partial charge < -0.3 is 10.4 Å². The molecule has 3 aromatic carbocycles. The number of carbonyl (C=O) groups excluding carboxylic acids is 1. The second kappa shape index (κ2) is 12.5. The van der Waals surface area contributed by atoms with Crippen molar-refractivity contribution in [3.8, 4) is 0 Å². The summed E-state index contributed by atoms with van der Waals surface area (Å²) in [5.74, 6) is -1.11. The lowest BCUT2D eigenvalue weighted by Crippen LogP contribution is -2.29. The minimum atomic E-state index is -4.46. The highest BCUT2D eigenvalue weighted by atomic mass is 35.5. The number of carbonyl (C=O) groups is 2. The summed E-state index contributed by atoms with van der Waals surface area (Å²) in [4.78, 5) is 22.2. The SMILES string of the molecule is O=C(NCC1=NN(c2ccc(Cl)cc2Cl)C(c2ccc(Cl)cc2)C1)c1ccc(C(F)(F)F)cc1.O=C(O)C1CC1. The van der Waals surface area contributed by atoms with Gasteiger partial charge in [-0.2, -0.15) is 18.3 Å². The molecule has 2 aliphatic rings. The molecule has 0 spiro atoms. The number of carboxylic acid groups (broad SMARTS) is 1. The lowest BCUT2D eigenvalue weighted by atomic mass is 10.0. The van der Waals surface area contributed by atoms with E-state index in [1.807, 2.05) is 12.1 Å². The third-order valence-corrected chi connectivity index (χ3v) is 7.03.